The normalized spacial score (nSPS) is 13.8. The zero-order valence-corrected chi connectivity index (χ0v) is 10.4. The van der Waals surface area contributed by atoms with E-state index in [1.54, 1.807) is 6.20 Å². The van der Waals surface area contributed by atoms with Crippen LogP contribution in [0.2, 0.25) is 0 Å². The topological polar surface area (TPSA) is 95.8 Å². The van der Waals surface area contributed by atoms with E-state index in [0.29, 0.717) is 18.7 Å². The number of benzene rings is 1. The smallest absolute Gasteiger partial charge is 0.224 e. The number of carbonyl (C=O) groups is 1. The van der Waals surface area contributed by atoms with Gasteiger partial charge in [0.2, 0.25) is 5.91 Å². The largest absolute Gasteiger partial charge is 0.397 e. The molecule has 0 aliphatic carbocycles. The van der Waals surface area contributed by atoms with Crippen molar-refractivity contribution in [1.29, 1.82) is 0 Å². The summed E-state index contributed by atoms with van der Waals surface area (Å²) in [6.07, 6.45) is 2.97. The predicted octanol–water partition coefficient (Wildman–Crippen LogP) is 1.49. The second kappa shape index (κ2) is 4.64. The highest BCUT2D eigenvalue weighted by atomic mass is 16.1. The number of nitrogen functional groups attached to an aromatic ring is 1. The lowest BCUT2D eigenvalue weighted by atomic mass is 10.0. The van der Waals surface area contributed by atoms with Gasteiger partial charge in [0.1, 0.15) is 0 Å². The van der Waals surface area contributed by atoms with Crippen LogP contribution in [0.15, 0.2) is 24.4 Å². The molecule has 0 spiro atoms. The number of aromatic nitrogens is 2. The lowest BCUT2D eigenvalue weighted by molar-refractivity contribution is -0.116. The maximum atomic E-state index is 11.4. The number of nitrogens with one attached hydrogen (secondary N) is 3. The molecule has 19 heavy (non-hydrogen) atoms. The van der Waals surface area contributed by atoms with Gasteiger partial charge in [-0.1, -0.05) is 0 Å². The second-order valence-corrected chi connectivity index (χ2v) is 4.58. The predicted molar refractivity (Wildman–Crippen MR) is 73.7 cm³/mol. The molecule has 0 unspecified atom stereocenters. The molecule has 6 nitrogen and oxygen atoms in total. The van der Waals surface area contributed by atoms with Crippen molar-refractivity contribution >= 4 is 23.0 Å². The van der Waals surface area contributed by atoms with Crippen LogP contribution < -0.4 is 16.4 Å². The molecule has 3 rings (SSSR count). The summed E-state index contributed by atoms with van der Waals surface area (Å²) in [5.74, 6) is 0.0526. The fourth-order valence-electron chi connectivity index (χ4n) is 2.17. The zero-order valence-electron chi connectivity index (χ0n) is 10.4. The summed E-state index contributed by atoms with van der Waals surface area (Å²) < 4.78 is 0. The third kappa shape index (κ3) is 2.37. The van der Waals surface area contributed by atoms with Gasteiger partial charge in [0.15, 0.2) is 0 Å². The minimum absolute atomic E-state index is 0.0526. The fourth-order valence-corrected chi connectivity index (χ4v) is 2.17. The van der Waals surface area contributed by atoms with Crippen molar-refractivity contribution < 1.29 is 4.79 Å². The van der Waals surface area contributed by atoms with Gasteiger partial charge >= 0.3 is 0 Å². The van der Waals surface area contributed by atoms with E-state index in [4.69, 9.17) is 5.73 Å². The number of rotatable bonds is 3. The van der Waals surface area contributed by atoms with Crippen molar-refractivity contribution in [1.82, 2.24) is 10.2 Å². The van der Waals surface area contributed by atoms with Crippen LogP contribution in [0.5, 0.6) is 0 Å². The van der Waals surface area contributed by atoms with Crippen LogP contribution in [0.4, 0.5) is 17.1 Å². The molecule has 2 aromatic rings. The molecule has 0 radical (unpaired) electrons. The van der Waals surface area contributed by atoms with E-state index in [1.807, 2.05) is 18.2 Å². The van der Waals surface area contributed by atoms with E-state index in [-0.39, 0.29) is 5.91 Å². The Morgan fingerprint density at radius 1 is 1.37 bits per heavy atom. The number of fused-ring (bicyclic) bond motifs is 1. The van der Waals surface area contributed by atoms with Gasteiger partial charge in [-0.2, -0.15) is 5.10 Å². The molecule has 1 aromatic heterocycles. The molecule has 1 aliphatic heterocycles. The van der Waals surface area contributed by atoms with Gasteiger partial charge in [0, 0.05) is 18.3 Å². The lowest BCUT2D eigenvalue weighted by Crippen LogP contribution is -2.19. The molecule has 1 aromatic carbocycles. The quantitative estimate of drug-likeness (QED) is 0.626. The lowest BCUT2D eigenvalue weighted by Gasteiger charge is -2.19. The summed E-state index contributed by atoms with van der Waals surface area (Å²) in [7, 11) is 0. The number of nitrogens with two attached hydrogens (primary N) is 1. The molecule has 1 aliphatic rings. The van der Waals surface area contributed by atoms with E-state index in [0.717, 1.165) is 29.1 Å². The number of aryl methyl sites for hydroxylation is 1. The van der Waals surface area contributed by atoms with E-state index >= 15 is 0 Å². The van der Waals surface area contributed by atoms with Gasteiger partial charge in [0.05, 0.1) is 23.6 Å². The Morgan fingerprint density at radius 3 is 3.05 bits per heavy atom. The molecule has 98 valence electrons. The van der Waals surface area contributed by atoms with Crippen molar-refractivity contribution in [2.24, 2.45) is 0 Å². The van der Waals surface area contributed by atoms with Crippen molar-refractivity contribution in [3.63, 3.8) is 0 Å². The summed E-state index contributed by atoms with van der Waals surface area (Å²) in [5.41, 5.74) is 10.4. The van der Waals surface area contributed by atoms with E-state index in [1.165, 1.54) is 0 Å². The van der Waals surface area contributed by atoms with Crippen LogP contribution in [0, 0.1) is 0 Å². The average Bonchev–Trinajstić information content (AvgIpc) is 2.90. The number of H-pyrrole nitrogens is 1. The highest BCUT2D eigenvalue weighted by molar-refractivity contribution is 5.95. The van der Waals surface area contributed by atoms with Crippen molar-refractivity contribution in [2.45, 2.75) is 19.4 Å². The molecule has 0 fully saturated rings. The van der Waals surface area contributed by atoms with E-state index in [2.05, 4.69) is 20.8 Å². The monoisotopic (exact) mass is 257 g/mol. The summed E-state index contributed by atoms with van der Waals surface area (Å²) in [5, 5.41) is 12.9. The van der Waals surface area contributed by atoms with Crippen LogP contribution in [-0.2, 0) is 17.8 Å². The van der Waals surface area contributed by atoms with Gasteiger partial charge in [0.25, 0.3) is 0 Å². The molecule has 1 amide bonds. The highest BCUT2D eigenvalue weighted by Crippen LogP contribution is 2.31. The van der Waals surface area contributed by atoms with E-state index in [9.17, 15) is 4.79 Å². The third-order valence-electron chi connectivity index (χ3n) is 3.20. The van der Waals surface area contributed by atoms with Crippen molar-refractivity contribution in [3.8, 4) is 0 Å². The SMILES string of the molecule is Nc1cc2c(cc1NCc1ccn[nH]1)NC(=O)CC2. The summed E-state index contributed by atoms with van der Waals surface area (Å²) in [6, 6.07) is 5.70. The summed E-state index contributed by atoms with van der Waals surface area (Å²) >= 11 is 0. The first-order valence-corrected chi connectivity index (χ1v) is 6.17. The van der Waals surface area contributed by atoms with Crippen LogP contribution in [-0.4, -0.2) is 16.1 Å². The molecule has 0 atom stereocenters. The third-order valence-corrected chi connectivity index (χ3v) is 3.20. The Balaban J connectivity index is 1.81. The fraction of sp³-hybridized carbons (Fsp3) is 0.231. The maximum absolute atomic E-state index is 11.4. The Kier molecular flexibility index (Phi) is 2.83. The second-order valence-electron chi connectivity index (χ2n) is 4.58. The molecule has 0 saturated heterocycles. The van der Waals surface area contributed by atoms with Gasteiger partial charge in [-0.15, -0.1) is 0 Å². The Labute approximate surface area is 110 Å². The molecule has 2 heterocycles. The van der Waals surface area contributed by atoms with Gasteiger partial charge < -0.3 is 16.4 Å². The Morgan fingerprint density at radius 2 is 2.26 bits per heavy atom. The van der Waals surface area contributed by atoms with Crippen molar-refractivity contribution in [3.05, 3.63) is 35.7 Å². The molecule has 0 saturated carbocycles. The van der Waals surface area contributed by atoms with Crippen molar-refractivity contribution in [2.75, 3.05) is 16.4 Å². The number of aromatic amines is 1. The van der Waals surface area contributed by atoms with Gasteiger partial charge in [-0.05, 0) is 30.2 Å². The molecule has 0 bridgehead atoms. The van der Waals surface area contributed by atoms with Gasteiger partial charge in [-0.3, -0.25) is 9.89 Å². The number of anilines is 3. The minimum Gasteiger partial charge on any atom is -0.397 e. The number of carbonyl (C=O) groups excluding carboxylic acids is 1. The summed E-state index contributed by atoms with van der Waals surface area (Å²) in [6.45, 7) is 0.608. The van der Waals surface area contributed by atoms with Crippen LogP contribution in [0.3, 0.4) is 0 Å². The number of hydrogen-bond donors (Lipinski definition) is 4. The maximum Gasteiger partial charge on any atom is 0.224 e. The number of nitrogens with zero attached hydrogens (tertiary/aromatic N) is 1. The number of amides is 1. The molecular weight excluding hydrogens is 242 g/mol. The molecule has 6 heteroatoms. The van der Waals surface area contributed by atoms with Crippen LogP contribution in [0.25, 0.3) is 0 Å². The van der Waals surface area contributed by atoms with Crippen LogP contribution in [0.1, 0.15) is 17.7 Å². The Hall–Kier alpha value is -2.50. The van der Waals surface area contributed by atoms with Gasteiger partial charge in [-0.25, -0.2) is 0 Å². The minimum atomic E-state index is 0.0526. The summed E-state index contributed by atoms with van der Waals surface area (Å²) in [4.78, 5) is 11.4. The van der Waals surface area contributed by atoms with Crippen LogP contribution >= 0.6 is 0 Å². The first-order chi connectivity index (χ1) is 9.22. The molecule has 5 N–H and O–H groups in total. The Bertz CT molecular complexity index is 606. The molecular formula is C13H15N5O. The standard InChI is InChI=1S/C13H15N5O/c14-10-5-8-1-2-13(19)17-11(8)6-12(10)15-7-9-3-4-16-18-9/h3-6,15H,1-2,7,14H2,(H,16,18)(H,17,19). The zero-order chi connectivity index (χ0) is 13.2. The first kappa shape index (κ1) is 11.6. The van der Waals surface area contributed by atoms with E-state index < -0.39 is 0 Å². The highest BCUT2D eigenvalue weighted by Gasteiger charge is 2.16. The number of hydrogen-bond acceptors (Lipinski definition) is 4. The average molecular weight is 257 g/mol. The first-order valence-electron chi connectivity index (χ1n) is 6.17.